The van der Waals surface area contributed by atoms with E-state index in [0.717, 1.165) is 0 Å². The van der Waals surface area contributed by atoms with E-state index >= 15 is 0 Å². The molecule has 0 spiro atoms. The molecular weight excluding hydrogens is 260 g/mol. The lowest BCUT2D eigenvalue weighted by molar-refractivity contribution is -0.384. The standard InChI is InChI=1S/C14H22N2O4/c1-4-14(17,5-2)10-15-11-7-12(16(18)19)9-13(8-11)20-6-3/h7-9,15,17H,4-6,10H2,1-3H3. The molecular formula is C14H22N2O4. The van der Waals surface area contributed by atoms with Crippen molar-refractivity contribution in [3.8, 4) is 5.75 Å². The summed E-state index contributed by atoms with van der Waals surface area (Å²) in [6, 6.07) is 4.52. The zero-order valence-corrected chi connectivity index (χ0v) is 12.2. The van der Waals surface area contributed by atoms with Crippen LogP contribution < -0.4 is 10.1 Å². The molecule has 0 fully saturated rings. The number of hydrogen-bond donors (Lipinski definition) is 2. The minimum absolute atomic E-state index is 0.0324. The quantitative estimate of drug-likeness (QED) is 0.565. The summed E-state index contributed by atoms with van der Waals surface area (Å²) in [5.74, 6) is 0.445. The summed E-state index contributed by atoms with van der Waals surface area (Å²) in [5, 5.41) is 24.2. The summed E-state index contributed by atoms with van der Waals surface area (Å²) in [7, 11) is 0. The third kappa shape index (κ3) is 4.38. The molecule has 0 saturated heterocycles. The highest BCUT2D eigenvalue weighted by Crippen LogP contribution is 2.27. The Hall–Kier alpha value is -1.82. The fourth-order valence-corrected chi connectivity index (χ4v) is 1.81. The van der Waals surface area contributed by atoms with E-state index in [9.17, 15) is 15.2 Å². The number of non-ortho nitro benzene ring substituents is 1. The van der Waals surface area contributed by atoms with Gasteiger partial charge in [0.1, 0.15) is 5.75 Å². The van der Waals surface area contributed by atoms with Crippen molar-refractivity contribution in [3.63, 3.8) is 0 Å². The van der Waals surface area contributed by atoms with E-state index in [2.05, 4.69) is 5.32 Å². The lowest BCUT2D eigenvalue weighted by Gasteiger charge is -2.26. The number of ether oxygens (including phenoxy) is 1. The average molecular weight is 282 g/mol. The molecule has 0 amide bonds. The van der Waals surface area contributed by atoms with Crippen LogP contribution in [0.2, 0.25) is 0 Å². The second-order valence-electron chi connectivity index (χ2n) is 4.69. The highest BCUT2D eigenvalue weighted by atomic mass is 16.6. The molecule has 0 aliphatic heterocycles. The van der Waals surface area contributed by atoms with E-state index in [-0.39, 0.29) is 5.69 Å². The minimum Gasteiger partial charge on any atom is -0.494 e. The molecule has 0 radical (unpaired) electrons. The van der Waals surface area contributed by atoms with Crippen molar-refractivity contribution < 1.29 is 14.8 Å². The van der Waals surface area contributed by atoms with Crippen molar-refractivity contribution in [1.82, 2.24) is 0 Å². The van der Waals surface area contributed by atoms with Gasteiger partial charge in [0, 0.05) is 24.4 Å². The molecule has 0 heterocycles. The van der Waals surface area contributed by atoms with Gasteiger partial charge in [-0.25, -0.2) is 0 Å². The van der Waals surface area contributed by atoms with E-state index in [1.165, 1.54) is 12.1 Å². The van der Waals surface area contributed by atoms with Crippen LogP contribution in [0.25, 0.3) is 0 Å². The molecule has 1 aromatic rings. The highest BCUT2D eigenvalue weighted by molar-refractivity contribution is 5.56. The topological polar surface area (TPSA) is 84.6 Å². The second kappa shape index (κ2) is 7.09. The number of rotatable bonds is 8. The molecule has 20 heavy (non-hydrogen) atoms. The van der Waals surface area contributed by atoms with E-state index in [1.54, 1.807) is 6.07 Å². The van der Waals surface area contributed by atoms with Gasteiger partial charge in [0.2, 0.25) is 0 Å². The van der Waals surface area contributed by atoms with Gasteiger partial charge in [-0.3, -0.25) is 10.1 Å². The van der Waals surface area contributed by atoms with Crippen LogP contribution in [0.15, 0.2) is 18.2 Å². The summed E-state index contributed by atoms with van der Waals surface area (Å²) in [6.07, 6.45) is 1.23. The Morgan fingerprint density at radius 3 is 2.45 bits per heavy atom. The molecule has 0 atom stereocenters. The largest absolute Gasteiger partial charge is 0.494 e. The van der Waals surface area contributed by atoms with Crippen molar-refractivity contribution in [1.29, 1.82) is 0 Å². The number of anilines is 1. The maximum atomic E-state index is 10.9. The van der Waals surface area contributed by atoms with Crippen molar-refractivity contribution in [2.24, 2.45) is 0 Å². The van der Waals surface area contributed by atoms with E-state index < -0.39 is 10.5 Å². The van der Waals surface area contributed by atoms with Crippen LogP contribution in [0.4, 0.5) is 11.4 Å². The molecule has 6 nitrogen and oxygen atoms in total. The van der Waals surface area contributed by atoms with E-state index in [4.69, 9.17) is 4.74 Å². The average Bonchev–Trinajstić information content (AvgIpc) is 2.45. The fourth-order valence-electron chi connectivity index (χ4n) is 1.81. The van der Waals surface area contributed by atoms with Gasteiger partial charge in [0.25, 0.3) is 5.69 Å². The highest BCUT2D eigenvalue weighted by Gasteiger charge is 2.22. The lowest BCUT2D eigenvalue weighted by atomic mass is 9.97. The number of nitrogens with one attached hydrogen (secondary N) is 1. The number of nitro benzene ring substituents is 1. The van der Waals surface area contributed by atoms with Crippen LogP contribution >= 0.6 is 0 Å². The molecule has 2 N–H and O–H groups in total. The number of aliphatic hydroxyl groups is 1. The predicted molar refractivity (Wildman–Crippen MR) is 78.3 cm³/mol. The minimum atomic E-state index is -0.809. The Balaban J connectivity index is 2.91. The Kier molecular flexibility index (Phi) is 5.76. The van der Waals surface area contributed by atoms with Crippen LogP contribution in [-0.4, -0.2) is 28.8 Å². The Morgan fingerprint density at radius 2 is 1.95 bits per heavy atom. The summed E-state index contributed by atoms with van der Waals surface area (Å²) in [5.41, 5.74) is -0.269. The third-order valence-corrected chi connectivity index (χ3v) is 3.35. The van der Waals surface area contributed by atoms with Crippen LogP contribution in [0.1, 0.15) is 33.6 Å². The van der Waals surface area contributed by atoms with E-state index in [1.807, 2.05) is 20.8 Å². The summed E-state index contributed by atoms with van der Waals surface area (Å²) in [6.45, 7) is 6.41. The fraction of sp³-hybridized carbons (Fsp3) is 0.571. The van der Waals surface area contributed by atoms with Crippen molar-refractivity contribution in [2.45, 2.75) is 39.2 Å². The third-order valence-electron chi connectivity index (χ3n) is 3.35. The van der Waals surface area contributed by atoms with E-state index in [0.29, 0.717) is 37.4 Å². The summed E-state index contributed by atoms with van der Waals surface area (Å²) >= 11 is 0. The Labute approximate surface area is 118 Å². The van der Waals surface area contributed by atoms with Gasteiger partial charge in [-0.1, -0.05) is 13.8 Å². The normalized spacial score (nSPS) is 11.2. The van der Waals surface area contributed by atoms with Crippen LogP contribution in [0.3, 0.4) is 0 Å². The van der Waals surface area contributed by atoms with Crippen molar-refractivity contribution in [2.75, 3.05) is 18.5 Å². The van der Waals surface area contributed by atoms with Crippen LogP contribution in [-0.2, 0) is 0 Å². The number of nitrogens with zero attached hydrogens (tertiary/aromatic N) is 1. The first-order valence-corrected chi connectivity index (χ1v) is 6.82. The Morgan fingerprint density at radius 1 is 1.30 bits per heavy atom. The van der Waals surface area contributed by atoms with Gasteiger partial charge >= 0.3 is 0 Å². The van der Waals surface area contributed by atoms with Crippen LogP contribution in [0.5, 0.6) is 5.75 Å². The molecule has 0 saturated carbocycles. The maximum Gasteiger partial charge on any atom is 0.275 e. The molecule has 0 aromatic heterocycles. The first-order chi connectivity index (χ1) is 9.44. The Bertz CT molecular complexity index is 458. The number of benzene rings is 1. The molecule has 112 valence electrons. The number of hydrogen-bond acceptors (Lipinski definition) is 5. The van der Waals surface area contributed by atoms with Crippen molar-refractivity contribution in [3.05, 3.63) is 28.3 Å². The van der Waals surface area contributed by atoms with Gasteiger partial charge in [-0.15, -0.1) is 0 Å². The summed E-state index contributed by atoms with van der Waals surface area (Å²) in [4.78, 5) is 10.4. The van der Waals surface area contributed by atoms with Gasteiger partial charge in [-0.05, 0) is 19.8 Å². The smallest absolute Gasteiger partial charge is 0.275 e. The predicted octanol–water partition coefficient (Wildman–Crippen LogP) is 2.96. The van der Waals surface area contributed by atoms with Crippen molar-refractivity contribution >= 4 is 11.4 Å². The van der Waals surface area contributed by atoms with Gasteiger partial charge in [-0.2, -0.15) is 0 Å². The molecule has 1 rings (SSSR count). The monoisotopic (exact) mass is 282 g/mol. The first-order valence-electron chi connectivity index (χ1n) is 6.82. The van der Waals surface area contributed by atoms with Gasteiger partial charge in [0.15, 0.2) is 0 Å². The maximum absolute atomic E-state index is 10.9. The molecule has 0 unspecified atom stereocenters. The zero-order valence-electron chi connectivity index (χ0n) is 12.2. The summed E-state index contributed by atoms with van der Waals surface area (Å²) < 4.78 is 5.32. The second-order valence-corrected chi connectivity index (χ2v) is 4.69. The molecule has 6 heteroatoms. The molecule has 1 aromatic carbocycles. The lowest BCUT2D eigenvalue weighted by Crippen LogP contribution is -2.35. The van der Waals surface area contributed by atoms with Gasteiger partial charge < -0.3 is 15.2 Å². The molecule has 0 aliphatic rings. The number of nitro groups is 1. The SMILES string of the molecule is CCOc1cc(NCC(O)(CC)CC)cc([N+](=O)[O-])c1. The zero-order chi connectivity index (χ0) is 15.2. The molecule has 0 aliphatic carbocycles. The first kappa shape index (κ1) is 16.2. The van der Waals surface area contributed by atoms with Crippen LogP contribution in [0, 0.1) is 10.1 Å². The molecule has 0 bridgehead atoms. The van der Waals surface area contributed by atoms with Gasteiger partial charge in [0.05, 0.1) is 23.2 Å².